The predicted molar refractivity (Wildman–Crippen MR) is 71.1 cm³/mol. The van der Waals surface area contributed by atoms with Gasteiger partial charge in [0.15, 0.2) is 0 Å². The number of ether oxygens (including phenoxy) is 1. The number of likely N-dealkylation sites (tertiary alicyclic amines) is 1. The zero-order valence-corrected chi connectivity index (χ0v) is 11.0. The summed E-state index contributed by atoms with van der Waals surface area (Å²) in [6.45, 7) is 2.39. The van der Waals surface area contributed by atoms with Crippen LogP contribution >= 0.6 is 0 Å². The molecule has 0 radical (unpaired) electrons. The van der Waals surface area contributed by atoms with Crippen molar-refractivity contribution in [2.24, 2.45) is 5.92 Å². The molecule has 1 unspecified atom stereocenters. The molecule has 1 fully saturated rings. The van der Waals surface area contributed by atoms with Gasteiger partial charge in [0.1, 0.15) is 11.6 Å². The van der Waals surface area contributed by atoms with Crippen molar-refractivity contribution in [3.63, 3.8) is 0 Å². The third-order valence-corrected chi connectivity index (χ3v) is 3.77. The summed E-state index contributed by atoms with van der Waals surface area (Å²) in [6.07, 6.45) is 6.28. The maximum Gasteiger partial charge on any atom is 0.135 e. The third-order valence-electron chi connectivity index (χ3n) is 3.77. The fraction of sp³-hybridized carbons (Fsp3) is 0.500. The Balaban J connectivity index is 1.87. The van der Waals surface area contributed by atoms with Gasteiger partial charge in [0, 0.05) is 13.0 Å². The molecule has 96 valence electrons. The SMILES string of the molecule is COc1ccc2cnc(CC3CCN(C)C3)n2c1. The lowest BCUT2D eigenvalue weighted by atomic mass is 10.0. The Morgan fingerprint density at radius 2 is 2.33 bits per heavy atom. The monoisotopic (exact) mass is 245 g/mol. The molecule has 0 bridgehead atoms. The summed E-state index contributed by atoms with van der Waals surface area (Å²) >= 11 is 0. The number of methoxy groups -OCH3 is 1. The summed E-state index contributed by atoms with van der Waals surface area (Å²) < 4.78 is 7.43. The zero-order valence-electron chi connectivity index (χ0n) is 11.0. The highest BCUT2D eigenvalue weighted by Crippen LogP contribution is 2.21. The second kappa shape index (κ2) is 4.61. The fourth-order valence-corrected chi connectivity index (χ4v) is 2.75. The van der Waals surface area contributed by atoms with Crippen molar-refractivity contribution >= 4 is 5.52 Å². The summed E-state index contributed by atoms with van der Waals surface area (Å²) in [5.74, 6) is 2.75. The highest BCUT2D eigenvalue weighted by Gasteiger charge is 2.21. The molecule has 0 N–H and O–H groups in total. The van der Waals surface area contributed by atoms with E-state index in [0.29, 0.717) is 0 Å². The van der Waals surface area contributed by atoms with Gasteiger partial charge in [-0.3, -0.25) is 0 Å². The minimum Gasteiger partial charge on any atom is -0.495 e. The van der Waals surface area contributed by atoms with Crippen LogP contribution in [-0.2, 0) is 6.42 Å². The molecule has 3 heterocycles. The number of hydrogen-bond acceptors (Lipinski definition) is 3. The van der Waals surface area contributed by atoms with Gasteiger partial charge < -0.3 is 14.0 Å². The Labute approximate surface area is 107 Å². The third kappa shape index (κ3) is 2.08. The van der Waals surface area contributed by atoms with E-state index in [2.05, 4.69) is 27.4 Å². The van der Waals surface area contributed by atoms with Crippen LogP contribution < -0.4 is 4.74 Å². The first-order chi connectivity index (χ1) is 8.76. The Kier molecular flexibility index (Phi) is 2.96. The molecule has 0 spiro atoms. The fourth-order valence-electron chi connectivity index (χ4n) is 2.75. The van der Waals surface area contributed by atoms with E-state index < -0.39 is 0 Å². The number of nitrogens with zero attached hydrogens (tertiary/aromatic N) is 3. The number of pyridine rings is 1. The minimum atomic E-state index is 0.729. The van der Waals surface area contributed by atoms with E-state index in [1.54, 1.807) is 7.11 Å². The molecule has 2 aromatic heterocycles. The molecule has 0 amide bonds. The van der Waals surface area contributed by atoms with Gasteiger partial charge in [0.25, 0.3) is 0 Å². The molecule has 1 aliphatic rings. The van der Waals surface area contributed by atoms with Crippen molar-refractivity contribution in [2.75, 3.05) is 27.2 Å². The lowest BCUT2D eigenvalue weighted by molar-refractivity contribution is 0.392. The van der Waals surface area contributed by atoms with Gasteiger partial charge in [-0.2, -0.15) is 0 Å². The van der Waals surface area contributed by atoms with Gasteiger partial charge in [-0.25, -0.2) is 4.98 Å². The molecular formula is C14H19N3O. The van der Waals surface area contributed by atoms with Crippen molar-refractivity contribution in [1.29, 1.82) is 0 Å². The van der Waals surface area contributed by atoms with Crippen LogP contribution in [0.2, 0.25) is 0 Å². The van der Waals surface area contributed by atoms with Crippen molar-refractivity contribution in [2.45, 2.75) is 12.8 Å². The lowest BCUT2D eigenvalue weighted by Crippen LogP contribution is -2.15. The van der Waals surface area contributed by atoms with E-state index in [0.717, 1.165) is 29.4 Å². The Morgan fingerprint density at radius 3 is 3.06 bits per heavy atom. The molecule has 18 heavy (non-hydrogen) atoms. The zero-order chi connectivity index (χ0) is 12.5. The average Bonchev–Trinajstić information content (AvgIpc) is 2.96. The van der Waals surface area contributed by atoms with E-state index >= 15 is 0 Å². The molecular weight excluding hydrogens is 226 g/mol. The summed E-state index contributed by atoms with van der Waals surface area (Å²) in [5.41, 5.74) is 1.14. The number of rotatable bonds is 3. The molecule has 2 aromatic rings. The van der Waals surface area contributed by atoms with E-state index in [1.165, 1.54) is 19.5 Å². The standard InChI is InChI=1S/C14H19N3O/c1-16-6-5-11(9-16)7-14-15-8-12-3-4-13(18-2)10-17(12)14/h3-4,8,10-11H,5-7,9H2,1-2H3. The largest absolute Gasteiger partial charge is 0.495 e. The topological polar surface area (TPSA) is 29.8 Å². The molecule has 1 aliphatic heterocycles. The molecule has 0 saturated carbocycles. The van der Waals surface area contributed by atoms with Crippen molar-refractivity contribution in [1.82, 2.24) is 14.3 Å². The lowest BCUT2D eigenvalue weighted by Gasteiger charge is -2.10. The normalized spacial score (nSPS) is 20.7. The number of fused-ring (bicyclic) bond motifs is 1. The van der Waals surface area contributed by atoms with Gasteiger partial charge in [-0.05, 0) is 38.1 Å². The van der Waals surface area contributed by atoms with Crippen molar-refractivity contribution in [3.8, 4) is 5.75 Å². The van der Waals surface area contributed by atoms with Gasteiger partial charge in [0.2, 0.25) is 0 Å². The Hall–Kier alpha value is -1.55. The molecule has 3 rings (SSSR count). The van der Waals surface area contributed by atoms with Crippen LogP contribution in [0.4, 0.5) is 0 Å². The second-order valence-corrected chi connectivity index (χ2v) is 5.16. The summed E-state index contributed by atoms with van der Waals surface area (Å²) in [4.78, 5) is 6.94. The van der Waals surface area contributed by atoms with Crippen LogP contribution in [-0.4, -0.2) is 41.5 Å². The first-order valence-electron chi connectivity index (χ1n) is 6.45. The Bertz CT molecular complexity index is 549. The van der Waals surface area contributed by atoms with E-state index in [1.807, 2.05) is 18.5 Å². The molecule has 0 aromatic carbocycles. The summed E-state index contributed by atoms with van der Waals surface area (Å²) in [6, 6.07) is 4.03. The van der Waals surface area contributed by atoms with Crippen LogP contribution in [0.1, 0.15) is 12.2 Å². The first-order valence-corrected chi connectivity index (χ1v) is 6.45. The van der Waals surface area contributed by atoms with Crippen LogP contribution in [0.5, 0.6) is 5.75 Å². The molecule has 1 saturated heterocycles. The summed E-state index contributed by atoms with van der Waals surface area (Å²) in [7, 11) is 3.89. The first kappa shape index (κ1) is 11.5. The van der Waals surface area contributed by atoms with Gasteiger partial charge >= 0.3 is 0 Å². The molecule has 1 atom stereocenters. The van der Waals surface area contributed by atoms with Crippen molar-refractivity contribution < 1.29 is 4.74 Å². The predicted octanol–water partition coefficient (Wildman–Crippen LogP) is 1.84. The van der Waals surface area contributed by atoms with Gasteiger partial charge in [-0.15, -0.1) is 0 Å². The van der Waals surface area contributed by atoms with Crippen LogP contribution in [0.15, 0.2) is 24.5 Å². The second-order valence-electron chi connectivity index (χ2n) is 5.16. The highest BCUT2D eigenvalue weighted by molar-refractivity contribution is 5.48. The van der Waals surface area contributed by atoms with E-state index in [9.17, 15) is 0 Å². The molecule has 4 nitrogen and oxygen atoms in total. The smallest absolute Gasteiger partial charge is 0.135 e. The number of aromatic nitrogens is 2. The molecule has 4 heteroatoms. The van der Waals surface area contributed by atoms with Gasteiger partial charge in [0.05, 0.1) is 25.0 Å². The molecule has 0 aliphatic carbocycles. The number of hydrogen-bond donors (Lipinski definition) is 0. The van der Waals surface area contributed by atoms with Crippen LogP contribution in [0, 0.1) is 5.92 Å². The Morgan fingerprint density at radius 1 is 1.44 bits per heavy atom. The quantitative estimate of drug-likeness (QED) is 0.826. The van der Waals surface area contributed by atoms with Gasteiger partial charge in [-0.1, -0.05) is 0 Å². The van der Waals surface area contributed by atoms with Crippen molar-refractivity contribution in [3.05, 3.63) is 30.4 Å². The summed E-state index contributed by atoms with van der Waals surface area (Å²) in [5, 5.41) is 0. The van der Waals surface area contributed by atoms with Crippen LogP contribution in [0.3, 0.4) is 0 Å². The van der Waals surface area contributed by atoms with Crippen LogP contribution in [0.25, 0.3) is 5.52 Å². The average molecular weight is 245 g/mol. The maximum absolute atomic E-state index is 5.28. The van der Waals surface area contributed by atoms with E-state index in [4.69, 9.17) is 4.74 Å². The van der Waals surface area contributed by atoms with E-state index in [-0.39, 0.29) is 0 Å². The highest BCUT2D eigenvalue weighted by atomic mass is 16.5. The minimum absolute atomic E-state index is 0.729. The number of imidazole rings is 1. The maximum atomic E-state index is 5.28.